The second kappa shape index (κ2) is 13.2. The number of sulfone groups is 2. The summed E-state index contributed by atoms with van der Waals surface area (Å²) in [7, 11) is -9.54. The molecular formula is C29H31N5O10S3. The maximum Gasteiger partial charge on any atom is 0.298 e. The molecule has 0 fully saturated rings. The number of aryl methyl sites for hydroxylation is 1. The van der Waals surface area contributed by atoms with E-state index in [1.54, 1.807) is 32.2 Å². The molecule has 15 nitrogen and oxygen atoms in total. The highest BCUT2D eigenvalue weighted by Gasteiger charge is 2.25. The van der Waals surface area contributed by atoms with Crippen LogP contribution in [0.3, 0.4) is 0 Å². The lowest BCUT2D eigenvalue weighted by atomic mass is 10.1. The number of methoxy groups -OCH3 is 1. The number of anilines is 1. The number of hydrogen-bond donors (Lipinski definition) is 4. The van der Waals surface area contributed by atoms with Gasteiger partial charge in [0.15, 0.2) is 31.2 Å². The van der Waals surface area contributed by atoms with E-state index in [9.17, 15) is 40.0 Å². The molecular weight excluding hydrogens is 675 g/mol. The first-order valence-electron chi connectivity index (χ1n) is 13.8. The number of aromatic hydroxyl groups is 2. The summed E-state index contributed by atoms with van der Waals surface area (Å²) in [4.78, 5) is -1.48. The van der Waals surface area contributed by atoms with Gasteiger partial charge in [-0.3, -0.25) is 4.55 Å². The van der Waals surface area contributed by atoms with Crippen molar-refractivity contribution >= 4 is 69.0 Å². The average molecular weight is 706 g/mol. The van der Waals surface area contributed by atoms with Crippen molar-refractivity contribution in [3.8, 4) is 17.2 Å². The molecule has 4 N–H and O–H groups in total. The Kier molecular flexibility index (Phi) is 9.91. The third kappa shape index (κ3) is 7.04. The monoisotopic (exact) mass is 705 g/mol. The van der Waals surface area contributed by atoms with Gasteiger partial charge in [0.05, 0.1) is 34.1 Å². The topological polar surface area (TPSA) is 234 Å². The fourth-order valence-electron chi connectivity index (χ4n) is 4.54. The number of hydrogen-bond acceptors (Lipinski definition) is 14. The lowest BCUT2D eigenvalue weighted by molar-refractivity contribution is 0.414. The number of nitrogens with zero attached hydrogens (tertiary/aromatic N) is 4. The largest absolute Gasteiger partial charge is 0.505 e. The van der Waals surface area contributed by atoms with Gasteiger partial charge in [0.25, 0.3) is 10.1 Å². The Bertz CT molecular complexity index is 2290. The van der Waals surface area contributed by atoms with Crippen molar-refractivity contribution in [1.82, 2.24) is 0 Å². The zero-order valence-corrected chi connectivity index (χ0v) is 28.2. The molecule has 4 rings (SSSR count). The van der Waals surface area contributed by atoms with E-state index < -0.39 is 56.8 Å². The highest BCUT2D eigenvalue weighted by Crippen LogP contribution is 2.44. The van der Waals surface area contributed by atoms with Gasteiger partial charge in [0, 0.05) is 23.9 Å². The number of phenols is 2. The van der Waals surface area contributed by atoms with Gasteiger partial charge in [-0.05, 0) is 55.0 Å². The Morgan fingerprint density at radius 1 is 0.723 bits per heavy atom. The summed E-state index contributed by atoms with van der Waals surface area (Å²) in [5.41, 5.74) is 0.792. The Hall–Kier alpha value is -4.65. The SMILES string of the molecule is CCS(=O)(=O)c1cc(N=Nc2ccc3c(N=Nc4cc(C)c(S(=O)(=O)CC)cc4OC)c(NC)ccc3c2O)c(O)c(S(=O)(=O)O)c1. The summed E-state index contributed by atoms with van der Waals surface area (Å²) in [5.74, 6) is -1.75. The third-order valence-electron chi connectivity index (χ3n) is 7.15. The van der Waals surface area contributed by atoms with Crippen molar-refractivity contribution in [3.63, 3.8) is 0 Å². The first-order chi connectivity index (χ1) is 22.0. The van der Waals surface area contributed by atoms with Gasteiger partial charge in [0.2, 0.25) is 0 Å². The van der Waals surface area contributed by atoms with Crippen LogP contribution in [0, 0.1) is 6.92 Å². The summed E-state index contributed by atoms with van der Waals surface area (Å²) in [6.45, 7) is 4.50. The number of rotatable bonds is 11. The van der Waals surface area contributed by atoms with E-state index in [0.29, 0.717) is 28.4 Å². The second-order valence-corrected chi connectivity index (χ2v) is 15.9. The first-order valence-corrected chi connectivity index (χ1v) is 18.5. The normalized spacial score (nSPS) is 12.7. The van der Waals surface area contributed by atoms with Gasteiger partial charge < -0.3 is 20.3 Å². The number of nitrogens with one attached hydrogen (secondary N) is 1. The predicted molar refractivity (Wildman–Crippen MR) is 175 cm³/mol. The molecule has 0 heterocycles. The maximum atomic E-state index is 12.5. The van der Waals surface area contributed by atoms with Crippen molar-refractivity contribution in [2.24, 2.45) is 20.5 Å². The molecule has 0 bridgehead atoms. The molecule has 0 saturated heterocycles. The standard InChI is InChI=1S/C29H31N5O10S3/c1-6-45(37,38)17-13-23(29(36)26(14-17)47(41,42)43)33-31-21-11-8-18-19(28(21)35)9-10-20(30-4)27(18)34-32-22-12-16(3)25(15-24(22)44-5)46(39,40)7-2/h8-15,30,35-36H,6-7H2,1-5H3,(H,41,42,43). The number of azo groups is 2. The zero-order chi connectivity index (χ0) is 34.9. The van der Waals surface area contributed by atoms with Gasteiger partial charge in [-0.15, -0.1) is 20.5 Å². The molecule has 0 aromatic heterocycles. The van der Waals surface area contributed by atoms with E-state index >= 15 is 0 Å². The second-order valence-electron chi connectivity index (χ2n) is 10.0. The number of fused-ring (bicyclic) bond motifs is 1. The van der Waals surface area contributed by atoms with Gasteiger partial charge in [-0.2, -0.15) is 8.42 Å². The van der Waals surface area contributed by atoms with Crippen LogP contribution in [-0.4, -0.2) is 65.7 Å². The molecule has 0 aliphatic heterocycles. The van der Waals surface area contributed by atoms with E-state index in [-0.39, 0.29) is 38.9 Å². The summed E-state index contributed by atoms with van der Waals surface area (Å²) >= 11 is 0. The molecule has 47 heavy (non-hydrogen) atoms. The molecule has 0 spiro atoms. The van der Waals surface area contributed by atoms with Crippen LogP contribution >= 0.6 is 0 Å². The van der Waals surface area contributed by atoms with Crippen LogP contribution in [0.25, 0.3) is 10.8 Å². The Morgan fingerprint density at radius 2 is 1.34 bits per heavy atom. The first kappa shape index (κ1) is 35.2. The molecule has 0 amide bonds. The van der Waals surface area contributed by atoms with Crippen molar-refractivity contribution in [1.29, 1.82) is 0 Å². The number of benzene rings is 4. The lowest BCUT2D eigenvalue weighted by Gasteiger charge is -2.12. The minimum absolute atomic E-state index is 0.0929. The van der Waals surface area contributed by atoms with Crippen molar-refractivity contribution in [2.75, 3.05) is 31.0 Å². The van der Waals surface area contributed by atoms with Crippen LogP contribution < -0.4 is 10.1 Å². The van der Waals surface area contributed by atoms with E-state index in [4.69, 9.17) is 4.74 Å². The van der Waals surface area contributed by atoms with E-state index in [1.807, 2.05) is 0 Å². The van der Waals surface area contributed by atoms with Gasteiger partial charge in [-0.25, -0.2) is 16.8 Å². The van der Waals surface area contributed by atoms with Crippen LogP contribution in [0.15, 0.2) is 83.7 Å². The molecule has 250 valence electrons. The molecule has 0 radical (unpaired) electrons. The summed E-state index contributed by atoms with van der Waals surface area (Å²) in [6, 6.07) is 10.5. The molecule has 4 aromatic rings. The predicted octanol–water partition coefficient (Wildman–Crippen LogP) is 6.27. The van der Waals surface area contributed by atoms with E-state index in [0.717, 1.165) is 6.07 Å². The van der Waals surface area contributed by atoms with Gasteiger partial charge >= 0.3 is 0 Å². The van der Waals surface area contributed by atoms with Gasteiger partial charge in [0.1, 0.15) is 33.4 Å². The Morgan fingerprint density at radius 3 is 1.94 bits per heavy atom. The van der Waals surface area contributed by atoms with E-state index in [1.165, 1.54) is 39.2 Å². The minimum Gasteiger partial charge on any atom is -0.505 e. The maximum absolute atomic E-state index is 12.5. The highest BCUT2D eigenvalue weighted by molar-refractivity contribution is 7.91. The quantitative estimate of drug-likeness (QED) is 0.100. The third-order valence-corrected chi connectivity index (χ3v) is 11.6. The smallest absolute Gasteiger partial charge is 0.298 e. The Labute approximate surface area is 271 Å². The lowest BCUT2D eigenvalue weighted by Crippen LogP contribution is -2.06. The zero-order valence-electron chi connectivity index (χ0n) is 25.7. The number of phenolic OH excluding ortho intramolecular Hbond substituents is 2. The molecule has 0 aliphatic carbocycles. The summed E-state index contributed by atoms with van der Waals surface area (Å²) in [6.07, 6.45) is 0. The summed E-state index contributed by atoms with van der Waals surface area (Å²) < 4.78 is 88.5. The highest BCUT2D eigenvalue weighted by atomic mass is 32.2. The van der Waals surface area contributed by atoms with Crippen molar-refractivity contribution in [3.05, 3.63) is 54.1 Å². The fraction of sp³-hybridized carbons (Fsp3) is 0.241. The van der Waals surface area contributed by atoms with Crippen molar-refractivity contribution in [2.45, 2.75) is 35.5 Å². The molecule has 0 saturated carbocycles. The molecule has 18 heteroatoms. The molecule has 0 aliphatic rings. The average Bonchev–Trinajstić information content (AvgIpc) is 3.02. The fourth-order valence-corrected chi connectivity index (χ4v) is 7.31. The van der Waals surface area contributed by atoms with Crippen molar-refractivity contribution < 1.29 is 44.8 Å². The molecule has 4 aromatic carbocycles. The Balaban J connectivity index is 1.83. The van der Waals surface area contributed by atoms with E-state index in [2.05, 4.69) is 25.8 Å². The van der Waals surface area contributed by atoms with Crippen LogP contribution in [0.4, 0.5) is 28.4 Å². The molecule has 0 atom stereocenters. The van der Waals surface area contributed by atoms with Crippen LogP contribution in [-0.2, 0) is 29.8 Å². The van der Waals surface area contributed by atoms with Gasteiger partial charge in [-0.1, -0.05) is 13.8 Å². The van der Waals surface area contributed by atoms with Crippen LogP contribution in [0.1, 0.15) is 19.4 Å². The minimum atomic E-state index is -5.05. The number of ether oxygens (including phenoxy) is 1. The van der Waals surface area contributed by atoms with Crippen LogP contribution in [0.2, 0.25) is 0 Å². The van der Waals surface area contributed by atoms with Crippen LogP contribution in [0.5, 0.6) is 17.2 Å². The molecule has 0 unspecified atom stereocenters. The summed E-state index contributed by atoms with van der Waals surface area (Å²) in [5, 5.41) is 41.6.